The van der Waals surface area contributed by atoms with Gasteiger partial charge in [0.25, 0.3) is 0 Å². The van der Waals surface area contributed by atoms with Crippen LogP contribution in [0.1, 0.15) is 27.7 Å². The van der Waals surface area contributed by atoms with E-state index in [-0.39, 0.29) is 0 Å². The second-order valence-electron chi connectivity index (χ2n) is 5.39. The van der Waals surface area contributed by atoms with Gasteiger partial charge in [0.05, 0.1) is 4.90 Å². The Bertz CT molecular complexity index is 543. The molecule has 4 nitrogen and oxygen atoms in total. The second-order valence-corrected chi connectivity index (χ2v) is 6.19. The fraction of sp³-hybridized carbons (Fsp3) is 0.462. The predicted octanol–water partition coefficient (Wildman–Crippen LogP) is 2.87. The maximum Gasteiger partial charge on any atom is 0.187 e. The quantitative estimate of drug-likeness (QED) is 0.684. The van der Waals surface area contributed by atoms with Gasteiger partial charge in [-0.15, -0.1) is 0 Å². The lowest BCUT2D eigenvalue weighted by Gasteiger charge is -2.31. The van der Waals surface area contributed by atoms with Crippen LogP contribution in [0.5, 0.6) is 0 Å². The molecule has 0 saturated heterocycles. The molecule has 2 aromatic heterocycles. The number of hydrogen-bond donors (Lipinski definition) is 1. The van der Waals surface area contributed by atoms with Gasteiger partial charge in [0.15, 0.2) is 11.2 Å². The molecule has 3 N–H and O–H groups in total. The molecule has 0 bridgehead atoms. The zero-order valence-electron chi connectivity index (χ0n) is 11.1. The molecule has 0 aliphatic rings. The molecule has 0 amide bonds. The first-order valence-electron chi connectivity index (χ1n) is 5.83. The van der Waals surface area contributed by atoms with E-state index in [1.54, 1.807) is 6.20 Å². The van der Waals surface area contributed by atoms with Gasteiger partial charge in [-0.25, -0.2) is 4.98 Å². The highest BCUT2D eigenvalue weighted by molar-refractivity contribution is 7.94. The third-order valence-corrected chi connectivity index (χ3v) is 4.14. The SMILES string of the molecule is CC(C)([OH2+])C(C)(C)OSc1cnc2[nH]ccc2c1. The van der Waals surface area contributed by atoms with E-state index < -0.39 is 11.2 Å². The van der Waals surface area contributed by atoms with Crippen molar-refractivity contribution in [2.75, 3.05) is 0 Å². The van der Waals surface area contributed by atoms with Gasteiger partial charge >= 0.3 is 0 Å². The van der Waals surface area contributed by atoms with Gasteiger partial charge in [-0.1, -0.05) is 0 Å². The van der Waals surface area contributed by atoms with E-state index in [4.69, 9.17) is 9.29 Å². The van der Waals surface area contributed by atoms with Gasteiger partial charge in [0.2, 0.25) is 0 Å². The molecule has 0 atom stereocenters. The Kier molecular flexibility index (Phi) is 3.40. The smallest absolute Gasteiger partial charge is 0.187 e. The van der Waals surface area contributed by atoms with Crippen LogP contribution in [0, 0.1) is 0 Å². The van der Waals surface area contributed by atoms with E-state index in [0.717, 1.165) is 15.9 Å². The number of pyridine rings is 1. The minimum absolute atomic E-state index is 0.537. The van der Waals surface area contributed by atoms with E-state index in [2.05, 4.69) is 9.97 Å². The molecule has 2 aromatic rings. The summed E-state index contributed by atoms with van der Waals surface area (Å²) in [6.07, 6.45) is 3.64. The first kappa shape index (κ1) is 13.4. The van der Waals surface area contributed by atoms with E-state index in [1.165, 1.54) is 12.0 Å². The molecule has 0 unspecified atom stereocenters. The fourth-order valence-electron chi connectivity index (χ4n) is 1.22. The summed E-state index contributed by atoms with van der Waals surface area (Å²) in [7, 11) is 0. The Morgan fingerprint density at radius 2 is 2.06 bits per heavy atom. The van der Waals surface area contributed by atoms with Gasteiger partial charge in [-0.05, 0) is 26.0 Å². The van der Waals surface area contributed by atoms with Gasteiger partial charge in [-0.3, -0.25) is 4.18 Å². The highest BCUT2D eigenvalue weighted by atomic mass is 32.2. The Labute approximate surface area is 111 Å². The van der Waals surface area contributed by atoms with Gasteiger partial charge in [0, 0.05) is 43.7 Å². The van der Waals surface area contributed by atoms with Crippen LogP contribution < -0.4 is 0 Å². The van der Waals surface area contributed by atoms with Crippen molar-refractivity contribution in [3.63, 3.8) is 0 Å². The summed E-state index contributed by atoms with van der Waals surface area (Å²) < 4.78 is 5.78. The normalized spacial score (nSPS) is 13.2. The van der Waals surface area contributed by atoms with Crippen LogP contribution in [0.15, 0.2) is 29.4 Å². The summed E-state index contributed by atoms with van der Waals surface area (Å²) in [5, 5.41) is 9.11. The molecule has 0 aliphatic carbocycles. The molecule has 2 heterocycles. The zero-order valence-corrected chi connectivity index (χ0v) is 11.9. The molecular formula is C13H19N2O2S+. The van der Waals surface area contributed by atoms with Crippen LogP contribution in [0.25, 0.3) is 11.0 Å². The maximum atomic E-state index is 8.05. The summed E-state index contributed by atoms with van der Waals surface area (Å²) in [6.45, 7) is 7.55. The highest BCUT2D eigenvalue weighted by Crippen LogP contribution is 2.33. The summed E-state index contributed by atoms with van der Waals surface area (Å²) in [5.74, 6) is 0. The van der Waals surface area contributed by atoms with Crippen molar-refractivity contribution in [2.24, 2.45) is 0 Å². The van der Waals surface area contributed by atoms with Crippen LogP contribution in [-0.2, 0) is 4.18 Å². The maximum absolute atomic E-state index is 8.05. The van der Waals surface area contributed by atoms with Gasteiger partial charge < -0.3 is 10.1 Å². The van der Waals surface area contributed by atoms with Crippen LogP contribution in [-0.4, -0.2) is 26.3 Å². The lowest BCUT2D eigenvalue weighted by Crippen LogP contribution is -2.45. The Balaban J connectivity index is 2.10. The van der Waals surface area contributed by atoms with Crippen molar-refractivity contribution >= 4 is 23.1 Å². The standard InChI is InChI=1S/C13H18N2O2S/c1-12(2,16)13(3,4)17-18-10-7-9-5-6-14-11(9)15-8-10/h5-8,16H,1-4H3,(H,14,15)/p+1. The monoisotopic (exact) mass is 267 g/mol. The first-order valence-corrected chi connectivity index (χ1v) is 6.58. The summed E-state index contributed by atoms with van der Waals surface area (Å²) in [5.41, 5.74) is -0.324. The largest absolute Gasteiger partial charge is 0.439 e. The number of aromatic nitrogens is 2. The van der Waals surface area contributed by atoms with Crippen LogP contribution >= 0.6 is 12.0 Å². The molecule has 0 radical (unpaired) electrons. The van der Waals surface area contributed by atoms with Crippen molar-refractivity contribution in [1.29, 1.82) is 0 Å². The third-order valence-electron chi connectivity index (χ3n) is 3.23. The molecule has 0 saturated carbocycles. The lowest BCUT2D eigenvalue weighted by atomic mass is 9.90. The molecule has 98 valence electrons. The Morgan fingerprint density at radius 1 is 1.33 bits per heavy atom. The topological polar surface area (TPSA) is 60.8 Å². The minimum atomic E-state index is -0.661. The summed E-state index contributed by atoms with van der Waals surface area (Å²) >= 11 is 1.28. The molecule has 0 fully saturated rings. The summed E-state index contributed by atoms with van der Waals surface area (Å²) in [4.78, 5) is 8.30. The van der Waals surface area contributed by atoms with Crippen LogP contribution in [0.2, 0.25) is 0 Å². The van der Waals surface area contributed by atoms with Crippen molar-refractivity contribution in [2.45, 2.75) is 43.8 Å². The molecule has 2 rings (SSSR count). The van der Waals surface area contributed by atoms with Crippen molar-refractivity contribution in [3.05, 3.63) is 24.5 Å². The Morgan fingerprint density at radius 3 is 2.72 bits per heavy atom. The number of nitrogens with one attached hydrogen (secondary N) is 1. The highest BCUT2D eigenvalue weighted by Gasteiger charge is 2.41. The van der Waals surface area contributed by atoms with Gasteiger partial charge in [0.1, 0.15) is 5.65 Å². The number of nitrogens with zero attached hydrogens (tertiary/aromatic N) is 1. The molecule has 0 aliphatic heterocycles. The molecule has 0 spiro atoms. The number of aromatic amines is 1. The van der Waals surface area contributed by atoms with Crippen LogP contribution in [0.3, 0.4) is 0 Å². The fourth-order valence-corrected chi connectivity index (χ4v) is 2.01. The molecule has 5 heteroatoms. The minimum Gasteiger partial charge on any atom is -0.439 e. The summed E-state index contributed by atoms with van der Waals surface area (Å²) in [6, 6.07) is 4.00. The number of hydrogen-bond acceptors (Lipinski definition) is 3. The Hall–Kier alpha value is -1.04. The zero-order chi connectivity index (χ0) is 13.4. The molecule has 18 heavy (non-hydrogen) atoms. The first-order chi connectivity index (χ1) is 8.29. The van der Waals surface area contributed by atoms with Crippen LogP contribution in [0.4, 0.5) is 0 Å². The van der Waals surface area contributed by atoms with E-state index in [0.29, 0.717) is 0 Å². The average molecular weight is 267 g/mol. The van der Waals surface area contributed by atoms with E-state index in [1.807, 2.05) is 46.0 Å². The van der Waals surface area contributed by atoms with Crippen molar-refractivity contribution < 1.29 is 9.29 Å². The lowest BCUT2D eigenvalue weighted by molar-refractivity contribution is -0.0813. The number of rotatable bonds is 4. The van der Waals surface area contributed by atoms with Gasteiger partial charge in [-0.2, -0.15) is 0 Å². The third kappa shape index (κ3) is 2.68. The molecule has 0 aromatic carbocycles. The number of fused-ring (bicyclic) bond motifs is 1. The molecular weight excluding hydrogens is 248 g/mol. The predicted molar refractivity (Wildman–Crippen MR) is 74.8 cm³/mol. The number of H-pyrrole nitrogens is 1. The average Bonchev–Trinajstić information content (AvgIpc) is 2.71. The van der Waals surface area contributed by atoms with E-state index >= 15 is 0 Å². The van der Waals surface area contributed by atoms with E-state index in [9.17, 15) is 0 Å². The van der Waals surface area contributed by atoms with Crippen molar-refractivity contribution in [1.82, 2.24) is 9.97 Å². The van der Waals surface area contributed by atoms with Crippen molar-refractivity contribution in [3.8, 4) is 0 Å². The second kappa shape index (κ2) is 4.57.